The zero-order valence-corrected chi connectivity index (χ0v) is 13.3. The highest BCUT2D eigenvalue weighted by atomic mass is 16.5. The average molecular weight is 270 g/mol. The van der Waals surface area contributed by atoms with Gasteiger partial charge in [0.1, 0.15) is 0 Å². The second kappa shape index (κ2) is 8.93. The molecular weight excluding hydrogens is 236 g/mol. The molecule has 2 N–H and O–H groups in total. The molecule has 1 rings (SSSR count). The Morgan fingerprint density at radius 1 is 1.21 bits per heavy atom. The zero-order valence-electron chi connectivity index (χ0n) is 13.3. The predicted octanol–water partition coefficient (Wildman–Crippen LogP) is 3.18. The lowest BCUT2D eigenvalue weighted by Gasteiger charge is -2.43. The molecule has 3 nitrogen and oxygen atoms in total. The van der Waals surface area contributed by atoms with Crippen LogP contribution in [0.3, 0.4) is 0 Å². The lowest BCUT2D eigenvalue weighted by Crippen LogP contribution is -2.53. The topological polar surface area (TPSA) is 38.5 Å². The molecule has 0 aromatic heterocycles. The van der Waals surface area contributed by atoms with Crippen LogP contribution in [0.25, 0.3) is 0 Å². The van der Waals surface area contributed by atoms with E-state index in [2.05, 4.69) is 25.7 Å². The lowest BCUT2D eigenvalue weighted by atomic mass is 9.90. The molecule has 0 saturated carbocycles. The van der Waals surface area contributed by atoms with Crippen molar-refractivity contribution in [2.24, 2.45) is 5.73 Å². The van der Waals surface area contributed by atoms with Crippen LogP contribution in [0.15, 0.2) is 0 Å². The van der Waals surface area contributed by atoms with E-state index < -0.39 is 0 Å². The van der Waals surface area contributed by atoms with Crippen LogP contribution in [0.5, 0.6) is 0 Å². The van der Waals surface area contributed by atoms with E-state index in [0.29, 0.717) is 6.10 Å². The van der Waals surface area contributed by atoms with Crippen molar-refractivity contribution in [3.05, 3.63) is 0 Å². The third kappa shape index (κ3) is 4.73. The van der Waals surface area contributed by atoms with Gasteiger partial charge in [0.2, 0.25) is 0 Å². The summed E-state index contributed by atoms with van der Waals surface area (Å²) in [5, 5.41) is 0. The van der Waals surface area contributed by atoms with E-state index in [4.69, 9.17) is 10.5 Å². The summed E-state index contributed by atoms with van der Waals surface area (Å²) in [7, 11) is 0. The van der Waals surface area contributed by atoms with E-state index in [1.807, 2.05) is 0 Å². The van der Waals surface area contributed by atoms with Crippen molar-refractivity contribution >= 4 is 0 Å². The second-order valence-electron chi connectivity index (χ2n) is 5.90. The Bertz CT molecular complexity index is 215. The van der Waals surface area contributed by atoms with Gasteiger partial charge < -0.3 is 10.5 Å². The maximum atomic E-state index is 6.09. The first kappa shape index (κ1) is 16.9. The van der Waals surface area contributed by atoms with Crippen molar-refractivity contribution < 1.29 is 4.74 Å². The standard InChI is InChI=1S/C16H34N2O/c1-4-11-18(16(5-2,6-3)14-17)12-7-9-15-10-8-13-19-15/h15H,4-14,17H2,1-3H3. The van der Waals surface area contributed by atoms with Crippen LogP contribution in [-0.4, -0.2) is 42.8 Å². The van der Waals surface area contributed by atoms with Gasteiger partial charge in [-0.2, -0.15) is 0 Å². The molecule has 0 bridgehead atoms. The highest BCUT2D eigenvalue weighted by molar-refractivity contribution is 4.89. The predicted molar refractivity (Wildman–Crippen MR) is 82.4 cm³/mol. The molecule has 1 saturated heterocycles. The fraction of sp³-hybridized carbons (Fsp3) is 1.00. The van der Waals surface area contributed by atoms with E-state index in [1.54, 1.807) is 0 Å². The molecule has 0 amide bonds. The molecule has 1 aliphatic heterocycles. The Morgan fingerprint density at radius 3 is 2.42 bits per heavy atom. The van der Waals surface area contributed by atoms with Gasteiger partial charge in [-0.15, -0.1) is 0 Å². The average Bonchev–Trinajstić information content (AvgIpc) is 2.94. The maximum Gasteiger partial charge on any atom is 0.0576 e. The van der Waals surface area contributed by atoms with E-state index in [0.717, 1.165) is 26.0 Å². The smallest absolute Gasteiger partial charge is 0.0576 e. The first-order chi connectivity index (χ1) is 9.22. The quantitative estimate of drug-likeness (QED) is 0.662. The summed E-state index contributed by atoms with van der Waals surface area (Å²) in [5.41, 5.74) is 6.30. The van der Waals surface area contributed by atoms with Gasteiger partial charge in [0, 0.05) is 18.7 Å². The zero-order chi connectivity index (χ0) is 14.1. The Hall–Kier alpha value is -0.120. The summed E-state index contributed by atoms with van der Waals surface area (Å²) in [6.07, 6.45) is 9.01. The van der Waals surface area contributed by atoms with Crippen LogP contribution in [0.4, 0.5) is 0 Å². The second-order valence-corrected chi connectivity index (χ2v) is 5.90. The number of nitrogens with zero attached hydrogens (tertiary/aromatic N) is 1. The van der Waals surface area contributed by atoms with Crippen LogP contribution in [0, 0.1) is 0 Å². The number of nitrogens with two attached hydrogens (primary N) is 1. The lowest BCUT2D eigenvalue weighted by molar-refractivity contribution is 0.0672. The van der Waals surface area contributed by atoms with E-state index in [9.17, 15) is 0 Å². The molecule has 1 unspecified atom stereocenters. The molecule has 0 aliphatic carbocycles. The van der Waals surface area contributed by atoms with Gasteiger partial charge in [-0.05, 0) is 58.0 Å². The summed E-state index contributed by atoms with van der Waals surface area (Å²) in [5.74, 6) is 0. The van der Waals surface area contributed by atoms with E-state index >= 15 is 0 Å². The number of rotatable bonds is 10. The van der Waals surface area contributed by atoms with Gasteiger partial charge in [-0.1, -0.05) is 20.8 Å². The summed E-state index contributed by atoms with van der Waals surface area (Å²) < 4.78 is 5.72. The van der Waals surface area contributed by atoms with Crippen molar-refractivity contribution in [1.82, 2.24) is 4.90 Å². The van der Waals surface area contributed by atoms with Gasteiger partial charge in [0.15, 0.2) is 0 Å². The van der Waals surface area contributed by atoms with Crippen molar-refractivity contribution in [1.29, 1.82) is 0 Å². The molecular formula is C16H34N2O. The van der Waals surface area contributed by atoms with Crippen LogP contribution >= 0.6 is 0 Å². The monoisotopic (exact) mass is 270 g/mol. The molecule has 1 aliphatic rings. The third-order valence-corrected chi connectivity index (χ3v) is 4.84. The summed E-state index contributed by atoms with van der Waals surface area (Å²) in [6, 6.07) is 0. The van der Waals surface area contributed by atoms with Gasteiger partial charge in [-0.25, -0.2) is 0 Å². The molecule has 114 valence electrons. The molecule has 19 heavy (non-hydrogen) atoms. The first-order valence-corrected chi connectivity index (χ1v) is 8.29. The normalized spacial score (nSPS) is 20.4. The summed E-state index contributed by atoms with van der Waals surface area (Å²) >= 11 is 0. The van der Waals surface area contributed by atoms with E-state index in [-0.39, 0.29) is 5.54 Å². The van der Waals surface area contributed by atoms with Crippen molar-refractivity contribution in [3.63, 3.8) is 0 Å². The maximum absolute atomic E-state index is 6.09. The third-order valence-electron chi connectivity index (χ3n) is 4.84. The van der Waals surface area contributed by atoms with Gasteiger partial charge in [-0.3, -0.25) is 4.90 Å². The summed E-state index contributed by atoms with van der Waals surface area (Å²) in [6.45, 7) is 10.9. The SMILES string of the molecule is CCCN(CCCC1CCCO1)C(CC)(CC)CN. The number of ether oxygens (including phenoxy) is 1. The van der Waals surface area contributed by atoms with Crippen LogP contribution < -0.4 is 5.73 Å². The Labute approximate surface area is 119 Å². The summed E-state index contributed by atoms with van der Waals surface area (Å²) in [4.78, 5) is 2.64. The van der Waals surface area contributed by atoms with Gasteiger partial charge >= 0.3 is 0 Å². The molecule has 1 fully saturated rings. The van der Waals surface area contributed by atoms with Gasteiger partial charge in [0.25, 0.3) is 0 Å². The van der Waals surface area contributed by atoms with Crippen molar-refractivity contribution in [2.75, 3.05) is 26.2 Å². The molecule has 0 aromatic rings. The Morgan fingerprint density at radius 2 is 1.95 bits per heavy atom. The first-order valence-electron chi connectivity index (χ1n) is 8.29. The molecule has 1 heterocycles. The van der Waals surface area contributed by atoms with E-state index in [1.165, 1.54) is 45.2 Å². The molecule has 0 spiro atoms. The fourth-order valence-electron chi connectivity index (χ4n) is 3.35. The molecule has 3 heteroatoms. The van der Waals surface area contributed by atoms with Gasteiger partial charge in [0.05, 0.1) is 6.10 Å². The highest BCUT2D eigenvalue weighted by Crippen LogP contribution is 2.25. The Kier molecular flexibility index (Phi) is 7.96. The minimum Gasteiger partial charge on any atom is -0.378 e. The Balaban J connectivity index is 2.45. The van der Waals surface area contributed by atoms with Crippen LogP contribution in [-0.2, 0) is 4.74 Å². The van der Waals surface area contributed by atoms with Crippen LogP contribution in [0.1, 0.15) is 65.7 Å². The largest absolute Gasteiger partial charge is 0.378 e. The molecule has 1 atom stereocenters. The minimum atomic E-state index is 0.215. The van der Waals surface area contributed by atoms with Crippen molar-refractivity contribution in [3.8, 4) is 0 Å². The number of hydrogen-bond donors (Lipinski definition) is 1. The molecule has 0 aromatic carbocycles. The van der Waals surface area contributed by atoms with Crippen molar-refractivity contribution in [2.45, 2.75) is 77.4 Å². The highest BCUT2D eigenvalue weighted by Gasteiger charge is 2.31. The fourth-order valence-corrected chi connectivity index (χ4v) is 3.35. The minimum absolute atomic E-state index is 0.215. The number of hydrogen-bond acceptors (Lipinski definition) is 3. The van der Waals surface area contributed by atoms with Crippen LogP contribution in [0.2, 0.25) is 0 Å². The molecule has 0 radical (unpaired) electrons.